The molecule has 0 saturated carbocycles. The summed E-state index contributed by atoms with van der Waals surface area (Å²) in [5, 5.41) is 7.57. The van der Waals surface area contributed by atoms with Crippen molar-refractivity contribution in [3.05, 3.63) is 69.7 Å². The molecule has 1 heterocycles. The maximum Gasteiger partial charge on any atom is 0.417 e. The zero-order valence-corrected chi connectivity index (χ0v) is 16.9. The van der Waals surface area contributed by atoms with E-state index in [2.05, 4.69) is 4.99 Å². The van der Waals surface area contributed by atoms with Crippen molar-refractivity contribution in [1.82, 2.24) is 9.80 Å². The van der Waals surface area contributed by atoms with Gasteiger partial charge in [0.2, 0.25) is 0 Å². The van der Waals surface area contributed by atoms with E-state index >= 15 is 0 Å². The Bertz CT molecular complexity index is 1070. The van der Waals surface area contributed by atoms with Gasteiger partial charge in [-0.3, -0.25) is 15.2 Å². The molecule has 2 aromatic carbocycles. The van der Waals surface area contributed by atoms with E-state index in [1.807, 2.05) is 0 Å². The lowest BCUT2D eigenvalue weighted by atomic mass is 10.1. The highest BCUT2D eigenvalue weighted by Gasteiger charge is 2.36. The topological polar surface area (TPSA) is 59.8 Å². The van der Waals surface area contributed by atoms with Gasteiger partial charge in [-0.1, -0.05) is 17.7 Å². The minimum atomic E-state index is -4.71. The van der Waals surface area contributed by atoms with E-state index in [1.54, 1.807) is 0 Å². The van der Waals surface area contributed by atoms with Crippen molar-refractivity contribution in [3.8, 4) is 0 Å². The van der Waals surface area contributed by atoms with Crippen molar-refractivity contribution in [3.63, 3.8) is 0 Å². The van der Waals surface area contributed by atoms with Crippen LogP contribution in [0.25, 0.3) is 0 Å². The molecule has 0 unspecified atom stereocenters. The second-order valence-electron chi connectivity index (χ2n) is 6.66. The zero-order valence-electron chi connectivity index (χ0n) is 16.1. The van der Waals surface area contributed by atoms with Gasteiger partial charge in [-0.25, -0.2) is 8.78 Å². The molecule has 0 bridgehead atoms. The van der Waals surface area contributed by atoms with Gasteiger partial charge in [0.1, 0.15) is 23.3 Å². The number of piperazine rings is 1. The Labute approximate surface area is 179 Å². The van der Waals surface area contributed by atoms with Crippen LogP contribution in [0.4, 0.5) is 22.0 Å². The number of hydrogen-bond acceptors (Lipinski definition) is 3. The van der Waals surface area contributed by atoms with Crippen LogP contribution in [0.3, 0.4) is 0 Å². The first-order chi connectivity index (χ1) is 14.5. The van der Waals surface area contributed by atoms with Crippen LogP contribution in [0.5, 0.6) is 0 Å². The average molecular weight is 459 g/mol. The molecule has 164 valence electrons. The molecular formula is C20H16ClF5N4O. The Hall–Kier alpha value is -3.01. The van der Waals surface area contributed by atoms with Crippen LogP contribution in [0.15, 0.2) is 41.4 Å². The maximum atomic E-state index is 14.1. The number of amidine groups is 2. The number of nitrogens with one attached hydrogen (secondary N) is 1. The van der Waals surface area contributed by atoms with Crippen LogP contribution in [0.2, 0.25) is 5.02 Å². The second-order valence-corrected chi connectivity index (χ2v) is 7.03. The monoisotopic (exact) mass is 458 g/mol. The van der Waals surface area contributed by atoms with Crippen LogP contribution in [0.1, 0.15) is 21.5 Å². The summed E-state index contributed by atoms with van der Waals surface area (Å²) in [6.07, 6.45) is -4.71. The molecule has 1 N–H and O–H groups in total. The van der Waals surface area contributed by atoms with E-state index in [0.717, 1.165) is 24.3 Å². The Balaban J connectivity index is 1.83. The number of hydrogen-bond donors (Lipinski definition) is 1. The number of rotatable bonds is 2. The SMILES string of the molecule is C/N=C1/CN(C(=O)c2cccc(C(F)(F)F)c2Cl)CCN1C(=N)c1ccc(F)cc1F. The predicted molar refractivity (Wildman–Crippen MR) is 106 cm³/mol. The number of carbonyl (C=O) groups excluding carboxylic acids is 1. The summed E-state index contributed by atoms with van der Waals surface area (Å²) in [6, 6.07) is 5.88. The third kappa shape index (κ3) is 4.53. The highest BCUT2D eigenvalue weighted by molar-refractivity contribution is 6.34. The fourth-order valence-corrected chi connectivity index (χ4v) is 3.52. The molecule has 0 aliphatic carbocycles. The number of nitrogens with zero attached hydrogens (tertiary/aromatic N) is 3. The quantitative estimate of drug-likeness (QED) is 0.411. The molecule has 0 aromatic heterocycles. The second kappa shape index (κ2) is 8.62. The van der Waals surface area contributed by atoms with Crippen LogP contribution in [-0.2, 0) is 6.18 Å². The highest BCUT2D eigenvalue weighted by atomic mass is 35.5. The van der Waals surface area contributed by atoms with E-state index in [9.17, 15) is 26.7 Å². The fraction of sp³-hybridized carbons (Fsp3) is 0.250. The van der Waals surface area contributed by atoms with Crippen LogP contribution in [0, 0.1) is 17.0 Å². The average Bonchev–Trinajstić information content (AvgIpc) is 2.71. The molecule has 0 radical (unpaired) electrons. The van der Waals surface area contributed by atoms with Gasteiger partial charge in [-0.15, -0.1) is 0 Å². The lowest BCUT2D eigenvalue weighted by Gasteiger charge is -2.37. The molecule has 2 aromatic rings. The molecule has 1 aliphatic heterocycles. The van der Waals surface area contributed by atoms with Gasteiger partial charge in [0.05, 0.1) is 28.3 Å². The highest BCUT2D eigenvalue weighted by Crippen LogP contribution is 2.36. The van der Waals surface area contributed by atoms with Crippen LogP contribution < -0.4 is 0 Å². The van der Waals surface area contributed by atoms with E-state index in [0.29, 0.717) is 6.07 Å². The van der Waals surface area contributed by atoms with Gasteiger partial charge in [-0.2, -0.15) is 13.2 Å². The summed E-state index contributed by atoms with van der Waals surface area (Å²) in [4.78, 5) is 19.5. The smallest absolute Gasteiger partial charge is 0.329 e. The van der Waals surface area contributed by atoms with Crippen molar-refractivity contribution in [2.75, 3.05) is 26.7 Å². The minimum absolute atomic E-state index is 0.0234. The lowest BCUT2D eigenvalue weighted by molar-refractivity contribution is -0.137. The van der Waals surface area contributed by atoms with Gasteiger partial charge >= 0.3 is 6.18 Å². The first kappa shape index (κ1) is 22.7. The Kier molecular flexibility index (Phi) is 6.30. The van der Waals surface area contributed by atoms with E-state index in [4.69, 9.17) is 17.0 Å². The number of benzene rings is 2. The number of amides is 1. The predicted octanol–water partition coefficient (Wildman–Crippen LogP) is 4.45. The summed E-state index contributed by atoms with van der Waals surface area (Å²) in [6.45, 7) is -0.0760. The molecule has 5 nitrogen and oxygen atoms in total. The summed E-state index contributed by atoms with van der Waals surface area (Å²) >= 11 is 5.85. The van der Waals surface area contributed by atoms with Gasteiger partial charge in [0.15, 0.2) is 0 Å². The number of halogens is 6. The first-order valence-electron chi connectivity index (χ1n) is 8.96. The van der Waals surface area contributed by atoms with Crippen LogP contribution >= 0.6 is 11.6 Å². The summed E-state index contributed by atoms with van der Waals surface area (Å²) < 4.78 is 66.5. The summed E-state index contributed by atoms with van der Waals surface area (Å²) in [5.74, 6) is -2.49. The number of carbonyl (C=O) groups is 1. The Morgan fingerprint density at radius 2 is 1.84 bits per heavy atom. The van der Waals surface area contributed by atoms with Crippen molar-refractivity contribution in [2.45, 2.75) is 6.18 Å². The van der Waals surface area contributed by atoms with Gasteiger partial charge in [0, 0.05) is 26.2 Å². The molecule has 31 heavy (non-hydrogen) atoms. The van der Waals surface area contributed by atoms with E-state index in [1.165, 1.54) is 22.9 Å². The standard InChI is InChI=1S/C20H16ClF5N4O/c1-28-16-10-29(19(31)13-3-2-4-14(17(13)21)20(24,25)26)7-8-30(16)18(27)12-6-5-11(22)9-15(12)23/h2-6,9,27H,7-8,10H2,1H3/b27-18?,28-16-. The lowest BCUT2D eigenvalue weighted by Crippen LogP contribution is -2.54. The molecule has 1 saturated heterocycles. The fourth-order valence-electron chi connectivity index (χ4n) is 3.20. The van der Waals surface area contributed by atoms with Crippen LogP contribution in [-0.4, -0.2) is 54.1 Å². The first-order valence-corrected chi connectivity index (χ1v) is 9.34. The van der Waals surface area contributed by atoms with Crippen molar-refractivity contribution >= 4 is 29.2 Å². The van der Waals surface area contributed by atoms with Crippen molar-refractivity contribution in [1.29, 1.82) is 5.41 Å². The third-order valence-electron chi connectivity index (χ3n) is 4.77. The van der Waals surface area contributed by atoms with Gasteiger partial charge in [0.25, 0.3) is 5.91 Å². The van der Waals surface area contributed by atoms with E-state index in [-0.39, 0.29) is 42.4 Å². The molecular weight excluding hydrogens is 443 g/mol. The minimum Gasteiger partial charge on any atom is -0.329 e. The summed E-state index contributed by atoms with van der Waals surface area (Å²) in [7, 11) is 1.40. The Morgan fingerprint density at radius 3 is 2.45 bits per heavy atom. The van der Waals surface area contributed by atoms with Gasteiger partial charge in [-0.05, 0) is 24.3 Å². The largest absolute Gasteiger partial charge is 0.417 e. The molecule has 1 fully saturated rings. The Morgan fingerprint density at radius 1 is 1.13 bits per heavy atom. The molecule has 11 heteroatoms. The third-order valence-corrected chi connectivity index (χ3v) is 5.18. The molecule has 3 rings (SSSR count). The maximum absolute atomic E-state index is 14.1. The normalized spacial score (nSPS) is 16.0. The zero-order chi connectivity index (χ0) is 22.9. The molecule has 0 spiro atoms. The molecule has 1 aliphatic rings. The van der Waals surface area contributed by atoms with Gasteiger partial charge < -0.3 is 9.80 Å². The van der Waals surface area contributed by atoms with Crippen molar-refractivity contribution < 1.29 is 26.7 Å². The number of alkyl halides is 3. The molecule has 1 amide bonds. The summed E-state index contributed by atoms with van der Waals surface area (Å²) in [5.41, 5.74) is -1.57. The van der Waals surface area contributed by atoms with E-state index < -0.39 is 34.3 Å². The number of aliphatic imine (C=N–C) groups is 1. The van der Waals surface area contributed by atoms with Crippen molar-refractivity contribution in [2.24, 2.45) is 4.99 Å². The molecule has 0 atom stereocenters.